The number of aromatic nitrogens is 3. The number of nitrogens with zero attached hydrogens (tertiary/aromatic N) is 4. The molecule has 2 aromatic rings. The Bertz CT molecular complexity index is 782. The van der Waals surface area contributed by atoms with Crippen molar-refractivity contribution in [1.82, 2.24) is 14.8 Å². The molecule has 2 heterocycles. The smallest absolute Gasteiger partial charge is 0.292 e. The molecule has 20 heavy (non-hydrogen) atoms. The van der Waals surface area contributed by atoms with Crippen LogP contribution < -0.4 is 5.73 Å². The molecular weight excluding hydrogens is 278 g/mol. The SMILES string of the molecule is N#CC1=C(N)Cc2nc(-c3ccc(Cl)cc3)nn2C1=O. The first-order chi connectivity index (χ1) is 9.60. The summed E-state index contributed by atoms with van der Waals surface area (Å²) in [5.41, 5.74) is 6.58. The van der Waals surface area contributed by atoms with Gasteiger partial charge < -0.3 is 5.73 Å². The van der Waals surface area contributed by atoms with Crippen LogP contribution in [0, 0.1) is 11.3 Å². The van der Waals surface area contributed by atoms with E-state index in [0.29, 0.717) is 16.7 Å². The number of carbonyl (C=O) groups is 1. The Morgan fingerprint density at radius 3 is 2.70 bits per heavy atom. The lowest BCUT2D eigenvalue weighted by molar-refractivity contribution is 0.0935. The van der Waals surface area contributed by atoms with E-state index in [-0.39, 0.29) is 17.7 Å². The second-order valence-corrected chi connectivity index (χ2v) is 4.70. The van der Waals surface area contributed by atoms with E-state index in [1.54, 1.807) is 30.3 Å². The van der Waals surface area contributed by atoms with Crippen LogP contribution in [0.3, 0.4) is 0 Å². The molecule has 0 saturated carbocycles. The Hall–Kier alpha value is -2.65. The highest BCUT2D eigenvalue weighted by Gasteiger charge is 2.27. The van der Waals surface area contributed by atoms with E-state index in [1.807, 2.05) is 0 Å². The maximum atomic E-state index is 12.0. The van der Waals surface area contributed by atoms with E-state index < -0.39 is 5.91 Å². The van der Waals surface area contributed by atoms with Crippen molar-refractivity contribution in [2.24, 2.45) is 5.73 Å². The molecule has 3 rings (SSSR count). The van der Waals surface area contributed by atoms with Crippen LogP contribution >= 0.6 is 11.6 Å². The fourth-order valence-corrected chi connectivity index (χ4v) is 2.09. The predicted molar refractivity (Wildman–Crippen MR) is 71.6 cm³/mol. The molecule has 1 aromatic heterocycles. The minimum absolute atomic E-state index is 0.0787. The van der Waals surface area contributed by atoms with Gasteiger partial charge in [-0.15, -0.1) is 5.10 Å². The Morgan fingerprint density at radius 1 is 1.35 bits per heavy atom. The minimum Gasteiger partial charge on any atom is -0.400 e. The number of nitriles is 1. The van der Waals surface area contributed by atoms with Crippen molar-refractivity contribution in [3.05, 3.63) is 46.4 Å². The van der Waals surface area contributed by atoms with Crippen molar-refractivity contribution in [1.29, 1.82) is 5.26 Å². The molecular formula is C13H8ClN5O. The summed E-state index contributed by atoms with van der Waals surface area (Å²) >= 11 is 5.82. The zero-order valence-electron chi connectivity index (χ0n) is 10.2. The highest BCUT2D eigenvalue weighted by atomic mass is 35.5. The average Bonchev–Trinajstić information content (AvgIpc) is 2.84. The lowest BCUT2D eigenvalue weighted by atomic mass is 10.1. The summed E-state index contributed by atoms with van der Waals surface area (Å²) < 4.78 is 1.12. The van der Waals surface area contributed by atoms with E-state index in [4.69, 9.17) is 22.6 Å². The van der Waals surface area contributed by atoms with Crippen molar-refractivity contribution in [2.45, 2.75) is 6.42 Å². The summed E-state index contributed by atoms with van der Waals surface area (Å²) in [6, 6.07) is 8.75. The molecule has 0 atom stereocenters. The fourth-order valence-electron chi connectivity index (χ4n) is 1.96. The van der Waals surface area contributed by atoms with Gasteiger partial charge in [0, 0.05) is 22.7 Å². The first kappa shape index (κ1) is 12.4. The third kappa shape index (κ3) is 1.85. The van der Waals surface area contributed by atoms with Crippen LogP contribution in [0.2, 0.25) is 5.02 Å². The van der Waals surface area contributed by atoms with E-state index in [9.17, 15) is 4.79 Å². The largest absolute Gasteiger partial charge is 0.400 e. The number of allylic oxidation sites excluding steroid dienone is 2. The molecule has 0 fully saturated rings. The van der Waals surface area contributed by atoms with Gasteiger partial charge in [0.25, 0.3) is 5.91 Å². The highest BCUT2D eigenvalue weighted by Crippen LogP contribution is 2.22. The molecule has 1 aromatic carbocycles. The maximum absolute atomic E-state index is 12.0. The Balaban J connectivity index is 2.06. The van der Waals surface area contributed by atoms with Crippen LogP contribution in [-0.2, 0) is 6.42 Å². The van der Waals surface area contributed by atoms with Gasteiger partial charge in [-0.2, -0.15) is 9.94 Å². The molecule has 7 heteroatoms. The average molecular weight is 286 g/mol. The Labute approximate surface area is 119 Å². The van der Waals surface area contributed by atoms with Gasteiger partial charge in [0.1, 0.15) is 17.5 Å². The lowest BCUT2D eigenvalue weighted by Crippen LogP contribution is -2.27. The van der Waals surface area contributed by atoms with Crippen LogP contribution in [0.1, 0.15) is 10.6 Å². The van der Waals surface area contributed by atoms with Crippen LogP contribution in [0.15, 0.2) is 35.5 Å². The first-order valence-electron chi connectivity index (χ1n) is 5.75. The molecule has 0 spiro atoms. The van der Waals surface area contributed by atoms with Crippen LogP contribution in [0.5, 0.6) is 0 Å². The normalized spacial score (nSPS) is 14.1. The van der Waals surface area contributed by atoms with Crippen LogP contribution in [0.25, 0.3) is 11.4 Å². The number of hydrogen-bond acceptors (Lipinski definition) is 5. The molecule has 0 aliphatic carbocycles. The molecule has 0 radical (unpaired) electrons. The van der Waals surface area contributed by atoms with Gasteiger partial charge in [-0.05, 0) is 24.3 Å². The predicted octanol–water partition coefficient (Wildman–Crippen LogP) is 1.53. The quantitative estimate of drug-likeness (QED) is 0.857. The lowest BCUT2D eigenvalue weighted by Gasteiger charge is -2.11. The number of fused-ring (bicyclic) bond motifs is 1. The number of carbonyl (C=O) groups excluding carboxylic acids is 1. The molecule has 0 amide bonds. The second-order valence-electron chi connectivity index (χ2n) is 4.26. The molecule has 6 nitrogen and oxygen atoms in total. The van der Waals surface area contributed by atoms with Crippen molar-refractivity contribution in [3.8, 4) is 17.5 Å². The molecule has 98 valence electrons. The minimum atomic E-state index is -0.543. The van der Waals surface area contributed by atoms with Crippen molar-refractivity contribution in [3.63, 3.8) is 0 Å². The maximum Gasteiger partial charge on any atom is 0.292 e. The summed E-state index contributed by atoms with van der Waals surface area (Å²) in [5.74, 6) is 0.285. The van der Waals surface area contributed by atoms with E-state index in [2.05, 4.69) is 10.1 Å². The third-order valence-electron chi connectivity index (χ3n) is 2.96. The van der Waals surface area contributed by atoms with E-state index in [0.717, 1.165) is 10.2 Å². The van der Waals surface area contributed by atoms with E-state index >= 15 is 0 Å². The second kappa shape index (κ2) is 4.47. The third-order valence-corrected chi connectivity index (χ3v) is 3.22. The van der Waals surface area contributed by atoms with Crippen molar-refractivity contribution in [2.75, 3.05) is 0 Å². The van der Waals surface area contributed by atoms with Gasteiger partial charge in [-0.1, -0.05) is 11.6 Å². The monoisotopic (exact) mass is 285 g/mol. The fraction of sp³-hybridized carbons (Fsp3) is 0.0769. The summed E-state index contributed by atoms with van der Waals surface area (Å²) in [4.78, 5) is 16.3. The summed E-state index contributed by atoms with van der Waals surface area (Å²) in [7, 11) is 0. The Kier molecular flexibility index (Phi) is 2.77. The molecule has 1 aliphatic heterocycles. The molecule has 0 bridgehead atoms. The van der Waals surface area contributed by atoms with Gasteiger partial charge in [0.05, 0.1) is 0 Å². The van der Waals surface area contributed by atoms with Gasteiger partial charge in [0.2, 0.25) is 0 Å². The van der Waals surface area contributed by atoms with Gasteiger partial charge in [-0.3, -0.25) is 4.79 Å². The van der Waals surface area contributed by atoms with Gasteiger partial charge in [-0.25, -0.2) is 4.98 Å². The number of rotatable bonds is 1. The van der Waals surface area contributed by atoms with Crippen LogP contribution in [-0.4, -0.2) is 20.7 Å². The first-order valence-corrected chi connectivity index (χ1v) is 6.13. The number of benzene rings is 1. The summed E-state index contributed by atoms with van der Waals surface area (Å²) in [5, 5.41) is 13.7. The zero-order valence-corrected chi connectivity index (χ0v) is 10.9. The van der Waals surface area contributed by atoms with Gasteiger partial charge >= 0.3 is 0 Å². The highest BCUT2D eigenvalue weighted by molar-refractivity contribution is 6.30. The van der Waals surface area contributed by atoms with E-state index in [1.165, 1.54) is 0 Å². The molecule has 1 aliphatic rings. The van der Waals surface area contributed by atoms with Crippen LogP contribution in [0.4, 0.5) is 0 Å². The molecule has 0 unspecified atom stereocenters. The molecule has 0 saturated heterocycles. The Morgan fingerprint density at radius 2 is 2.05 bits per heavy atom. The number of nitrogens with two attached hydrogens (primary N) is 1. The zero-order chi connectivity index (χ0) is 14.3. The summed E-state index contributed by atoms with van der Waals surface area (Å²) in [6.07, 6.45) is 0.231. The topological polar surface area (TPSA) is 97.6 Å². The standard InChI is InChI=1S/C13H8ClN5O/c14-8-3-1-7(2-4-8)12-17-11-5-10(16)9(6-15)13(20)19(11)18-12/h1-4H,5,16H2. The summed E-state index contributed by atoms with van der Waals surface area (Å²) in [6.45, 7) is 0. The molecule has 2 N–H and O–H groups in total. The van der Waals surface area contributed by atoms with Gasteiger partial charge in [0.15, 0.2) is 5.82 Å². The number of hydrogen-bond donors (Lipinski definition) is 1. The van der Waals surface area contributed by atoms with Crippen molar-refractivity contribution < 1.29 is 4.79 Å². The van der Waals surface area contributed by atoms with Crippen molar-refractivity contribution >= 4 is 17.5 Å². The number of halogens is 1.